The van der Waals surface area contributed by atoms with Gasteiger partial charge in [0.05, 0.1) is 33.9 Å². The number of rotatable bonds is 10. The number of carbonyl (C=O) groups is 4. The molecule has 0 fully saturated rings. The Morgan fingerprint density at radius 2 is 0.720 bits per heavy atom. The van der Waals surface area contributed by atoms with Crippen LogP contribution in [0.25, 0.3) is 0 Å². The maximum Gasteiger partial charge on any atom is 0.316 e. The smallest absolute Gasteiger partial charge is 0.316 e. The lowest BCUT2D eigenvalue weighted by Gasteiger charge is -2.21. The predicted octanol–water partition coefficient (Wildman–Crippen LogP) is 8.85. The predicted molar refractivity (Wildman–Crippen MR) is 193 cm³/mol. The molecule has 2 atom stereocenters. The molecule has 50 heavy (non-hydrogen) atoms. The summed E-state index contributed by atoms with van der Waals surface area (Å²) < 4.78 is 21.8. The summed E-state index contributed by atoms with van der Waals surface area (Å²) in [7, 11) is 0. The summed E-state index contributed by atoms with van der Waals surface area (Å²) in [5, 5.41) is 20.4. The van der Waals surface area contributed by atoms with Gasteiger partial charge in [-0.1, -0.05) is 38.8 Å². The number of ether oxygens (including phenoxy) is 4. The molecule has 0 saturated carbocycles. The molecule has 10 heteroatoms. The molecule has 1 unspecified atom stereocenters. The first-order chi connectivity index (χ1) is 22.7. The van der Waals surface area contributed by atoms with Crippen LogP contribution in [0.15, 0.2) is 36.4 Å². The van der Waals surface area contributed by atoms with Gasteiger partial charge in [0.15, 0.2) is 23.0 Å². The van der Waals surface area contributed by atoms with Gasteiger partial charge in [-0.3, -0.25) is 19.2 Å². The van der Waals surface area contributed by atoms with Crippen LogP contribution < -0.4 is 18.9 Å². The third-order valence-electron chi connectivity index (χ3n) is 7.09. The molecule has 0 spiro atoms. The molecule has 0 aliphatic rings. The average molecular weight is 701 g/mol. The molecular formula is C40H60O10. The fourth-order valence-electron chi connectivity index (χ4n) is 3.68. The van der Waals surface area contributed by atoms with Crippen molar-refractivity contribution in [3.8, 4) is 23.0 Å². The number of benzene rings is 2. The molecule has 10 nitrogen and oxygen atoms in total. The fourth-order valence-corrected chi connectivity index (χ4v) is 3.68. The Kier molecular flexibility index (Phi) is 15.9. The van der Waals surface area contributed by atoms with Crippen LogP contribution >= 0.6 is 0 Å². The number of aliphatic hydroxyl groups excluding tert-OH is 2. The van der Waals surface area contributed by atoms with Gasteiger partial charge >= 0.3 is 23.9 Å². The van der Waals surface area contributed by atoms with E-state index in [0.717, 1.165) is 12.8 Å². The van der Waals surface area contributed by atoms with E-state index in [9.17, 15) is 29.4 Å². The van der Waals surface area contributed by atoms with Crippen LogP contribution in [0.1, 0.15) is 146 Å². The maximum atomic E-state index is 12.3. The summed E-state index contributed by atoms with van der Waals surface area (Å²) in [6.45, 7) is 24.9. The standard InChI is InChI=1S/2C20H30O5/c2*1-8-9-14(21)13-10-11-15(24-17(22)19(2,3)4)16(12-13)25-18(23)20(5,6)7/h2*10-12,14,21H,8-9H2,1-7H3/t14-;/m0./s1. The third-order valence-corrected chi connectivity index (χ3v) is 7.09. The molecule has 0 bridgehead atoms. The van der Waals surface area contributed by atoms with E-state index in [-0.39, 0.29) is 23.0 Å². The first kappa shape index (κ1) is 44.3. The Bertz CT molecular complexity index is 1350. The van der Waals surface area contributed by atoms with Crippen molar-refractivity contribution in [1.82, 2.24) is 0 Å². The van der Waals surface area contributed by atoms with Gasteiger partial charge in [0, 0.05) is 0 Å². The van der Waals surface area contributed by atoms with Crippen LogP contribution in [0.2, 0.25) is 0 Å². The van der Waals surface area contributed by atoms with Crippen LogP contribution in [-0.2, 0) is 19.2 Å². The van der Waals surface area contributed by atoms with Crippen molar-refractivity contribution in [2.75, 3.05) is 0 Å². The van der Waals surface area contributed by atoms with Gasteiger partial charge in [0.1, 0.15) is 0 Å². The monoisotopic (exact) mass is 700 g/mol. The second kappa shape index (κ2) is 17.9. The molecule has 0 radical (unpaired) electrons. The Hall–Kier alpha value is -3.76. The second-order valence-corrected chi connectivity index (χ2v) is 16.6. The van der Waals surface area contributed by atoms with Crippen molar-refractivity contribution in [3.05, 3.63) is 47.5 Å². The zero-order chi connectivity index (χ0) is 38.8. The molecule has 0 aliphatic carbocycles. The zero-order valence-electron chi connectivity index (χ0n) is 32.6. The number of aliphatic hydroxyl groups is 2. The minimum Gasteiger partial charge on any atom is -0.422 e. The summed E-state index contributed by atoms with van der Waals surface area (Å²) in [6, 6.07) is 9.61. The molecule has 280 valence electrons. The van der Waals surface area contributed by atoms with Crippen LogP contribution in [0.3, 0.4) is 0 Å². The van der Waals surface area contributed by atoms with E-state index >= 15 is 0 Å². The van der Waals surface area contributed by atoms with Gasteiger partial charge in [-0.2, -0.15) is 0 Å². The second-order valence-electron chi connectivity index (χ2n) is 16.6. The normalized spacial score (nSPS) is 13.3. The Morgan fingerprint density at radius 1 is 0.480 bits per heavy atom. The van der Waals surface area contributed by atoms with Gasteiger partial charge in [-0.15, -0.1) is 0 Å². The highest BCUT2D eigenvalue weighted by Gasteiger charge is 2.30. The molecule has 2 rings (SSSR count). The number of carbonyl (C=O) groups excluding carboxylic acids is 4. The van der Waals surface area contributed by atoms with Crippen molar-refractivity contribution in [3.63, 3.8) is 0 Å². The highest BCUT2D eigenvalue weighted by Crippen LogP contribution is 2.36. The van der Waals surface area contributed by atoms with E-state index in [4.69, 9.17) is 18.9 Å². The van der Waals surface area contributed by atoms with Gasteiger partial charge in [-0.05, 0) is 131 Å². The van der Waals surface area contributed by atoms with E-state index in [0.29, 0.717) is 24.0 Å². The lowest BCUT2D eigenvalue weighted by Crippen LogP contribution is -2.28. The Morgan fingerprint density at radius 3 is 0.940 bits per heavy atom. The highest BCUT2D eigenvalue weighted by molar-refractivity contribution is 5.82. The summed E-state index contributed by atoms with van der Waals surface area (Å²) in [5.41, 5.74) is -1.55. The molecule has 2 aromatic rings. The van der Waals surface area contributed by atoms with Crippen molar-refractivity contribution in [2.45, 2.75) is 135 Å². The summed E-state index contributed by atoms with van der Waals surface area (Å²) >= 11 is 0. The van der Waals surface area contributed by atoms with E-state index < -0.39 is 57.7 Å². The molecular weight excluding hydrogens is 640 g/mol. The van der Waals surface area contributed by atoms with Crippen molar-refractivity contribution in [2.24, 2.45) is 21.7 Å². The fraction of sp³-hybridized carbons (Fsp3) is 0.600. The van der Waals surface area contributed by atoms with Crippen LogP contribution in [-0.4, -0.2) is 34.1 Å². The molecule has 2 N–H and O–H groups in total. The first-order valence-corrected chi connectivity index (χ1v) is 17.3. The Balaban J connectivity index is 0.000000500. The molecule has 0 amide bonds. The van der Waals surface area contributed by atoms with Crippen LogP contribution in [0.4, 0.5) is 0 Å². The Labute approximate surface area is 298 Å². The average Bonchev–Trinajstić information content (AvgIpc) is 2.97. The molecule has 0 saturated heterocycles. The topological polar surface area (TPSA) is 146 Å². The van der Waals surface area contributed by atoms with Crippen molar-refractivity contribution in [1.29, 1.82) is 0 Å². The summed E-state index contributed by atoms with van der Waals surface area (Å²) in [4.78, 5) is 48.9. The van der Waals surface area contributed by atoms with Gasteiger partial charge in [0.2, 0.25) is 0 Å². The number of hydrogen-bond acceptors (Lipinski definition) is 10. The van der Waals surface area contributed by atoms with E-state index in [1.165, 1.54) is 0 Å². The van der Waals surface area contributed by atoms with Crippen molar-refractivity contribution < 1.29 is 48.3 Å². The van der Waals surface area contributed by atoms with Gasteiger partial charge in [0.25, 0.3) is 0 Å². The molecule has 2 aromatic carbocycles. The maximum absolute atomic E-state index is 12.3. The summed E-state index contributed by atoms with van der Waals surface area (Å²) in [6.07, 6.45) is 1.49. The lowest BCUT2D eigenvalue weighted by atomic mass is 9.97. The van der Waals surface area contributed by atoms with E-state index in [1.807, 2.05) is 13.8 Å². The minimum atomic E-state index is -0.705. The van der Waals surface area contributed by atoms with Crippen LogP contribution in [0, 0.1) is 21.7 Å². The van der Waals surface area contributed by atoms with E-state index in [2.05, 4.69) is 0 Å². The third kappa shape index (κ3) is 14.2. The SMILES string of the molecule is CCCC(O)c1ccc(OC(=O)C(C)(C)C)c(OC(=O)C(C)(C)C)c1.CCC[C@H](O)c1ccc(OC(=O)C(C)(C)C)c(OC(=O)C(C)(C)C)c1. The first-order valence-electron chi connectivity index (χ1n) is 17.3. The minimum absolute atomic E-state index is 0.144. The molecule has 0 heterocycles. The zero-order valence-corrected chi connectivity index (χ0v) is 32.6. The largest absolute Gasteiger partial charge is 0.422 e. The lowest BCUT2D eigenvalue weighted by molar-refractivity contribution is -0.145. The number of hydrogen-bond donors (Lipinski definition) is 2. The van der Waals surface area contributed by atoms with Crippen LogP contribution in [0.5, 0.6) is 23.0 Å². The molecule has 0 aromatic heterocycles. The summed E-state index contributed by atoms with van der Waals surface area (Å²) in [5.74, 6) is -1.11. The van der Waals surface area contributed by atoms with E-state index in [1.54, 1.807) is 119 Å². The van der Waals surface area contributed by atoms with Crippen molar-refractivity contribution >= 4 is 23.9 Å². The highest BCUT2D eigenvalue weighted by atomic mass is 16.6. The molecule has 0 aliphatic heterocycles. The van der Waals surface area contributed by atoms with Gasteiger partial charge in [-0.25, -0.2) is 0 Å². The number of esters is 4. The quantitative estimate of drug-likeness (QED) is 0.182. The van der Waals surface area contributed by atoms with Gasteiger partial charge < -0.3 is 29.2 Å².